The standard InChI is InChI=1S/C29H38N2O4/c1-2-35-27-19-22(14-15-24(27)29(33)34)20-28(32)30-25(18-21-10-4-3-5-11-21)23-12-6-7-13-26(23)31-16-8-9-17-31/h6-7,12-15,19,21,25H,2-5,8-11,16-18,20H2,1H3,(H,30,32)(H,33,34). The Morgan fingerprint density at radius 1 is 1.06 bits per heavy atom. The third-order valence-corrected chi connectivity index (χ3v) is 7.33. The molecule has 2 aromatic rings. The topological polar surface area (TPSA) is 78.9 Å². The summed E-state index contributed by atoms with van der Waals surface area (Å²) in [6.07, 6.45) is 9.88. The Labute approximate surface area is 208 Å². The number of carbonyl (C=O) groups excluding carboxylic acids is 1. The number of hydrogen-bond donors (Lipinski definition) is 2. The van der Waals surface area contributed by atoms with Gasteiger partial charge in [-0.3, -0.25) is 4.79 Å². The maximum absolute atomic E-state index is 13.3. The fourth-order valence-electron chi connectivity index (χ4n) is 5.61. The molecule has 2 aromatic carbocycles. The molecule has 6 nitrogen and oxygen atoms in total. The zero-order valence-electron chi connectivity index (χ0n) is 20.8. The Hall–Kier alpha value is -3.02. The summed E-state index contributed by atoms with van der Waals surface area (Å²) in [6, 6.07) is 13.4. The minimum absolute atomic E-state index is 0.0351. The van der Waals surface area contributed by atoms with Gasteiger partial charge in [0.15, 0.2) is 0 Å². The lowest BCUT2D eigenvalue weighted by Crippen LogP contribution is -2.33. The maximum Gasteiger partial charge on any atom is 0.339 e. The predicted molar refractivity (Wildman–Crippen MR) is 138 cm³/mol. The van der Waals surface area contributed by atoms with Crippen LogP contribution in [0, 0.1) is 5.92 Å². The van der Waals surface area contributed by atoms with Gasteiger partial charge in [-0.1, -0.05) is 56.4 Å². The van der Waals surface area contributed by atoms with Crippen LogP contribution in [-0.4, -0.2) is 36.7 Å². The van der Waals surface area contributed by atoms with Crippen molar-refractivity contribution in [2.45, 2.75) is 70.8 Å². The molecule has 1 aliphatic heterocycles. The van der Waals surface area contributed by atoms with Crippen LogP contribution in [0.4, 0.5) is 5.69 Å². The van der Waals surface area contributed by atoms with Crippen molar-refractivity contribution < 1.29 is 19.4 Å². The molecule has 0 radical (unpaired) electrons. The third kappa shape index (κ3) is 6.56. The van der Waals surface area contributed by atoms with Crippen molar-refractivity contribution in [1.82, 2.24) is 5.32 Å². The lowest BCUT2D eigenvalue weighted by atomic mass is 9.83. The third-order valence-electron chi connectivity index (χ3n) is 7.33. The van der Waals surface area contributed by atoms with E-state index in [1.165, 1.54) is 62.3 Å². The van der Waals surface area contributed by atoms with Gasteiger partial charge in [0.1, 0.15) is 11.3 Å². The van der Waals surface area contributed by atoms with E-state index in [4.69, 9.17) is 4.74 Å². The summed E-state index contributed by atoms with van der Waals surface area (Å²) in [5.41, 5.74) is 3.33. The second kappa shape index (κ2) is 12.1. The van der Waals surface area contributed by atoms with Gasteiger partial charge in [-0.15, -0.1) is 0 Å². The normalized spacial score (nSPS) is 17.2. The molecule has 1 aliphatic carbocycles. The van der Waals surface area contributed by atoms with Gasteiger partial charge in [0.2, 0.25) is 5.91 Å². The van der Waals surface area contributed by atoms with Crippen molar-refractivity contribution in [2.75, 3.05) is 24.6 Å². The highest BCUT2D eigenvalue weighted by molar-refractivity contribution is 5.91. The van der Waals surface area contributed by atoms with Crippen LogP contribution in [0.15, 0.2) is 42.5 Å². The molecule has 1 saturated carbocycles. The second-order valence-corrected chi connectivity index (χ2v) is 9.86. The predicted octanol–water partition coefficient (Wildman–Crippen LogP) is 5.75. The number of carboxylic acid groups (broad SMARTS) is 1. The fraction of sp³-hybridized carbons (Fsp3) is 0.517. The molecule has 1 saturated heterocycles. The minimum atomic E-state index is -1.03. The molecule has 2 N–H and O–H groups in total. The first kappa shape index (κ1) is 25.1. The van der Waals surface area contributed by atoms with E-state index in [0.717, 1.165) is 25.1 Å². The van der Waals surface area contributed by atoms with E-state index in [-0.39, 0.29) is 23.9 Å². The van der Waals surface area contributed by atoms with Crippen LogP contribution in [0.25, 0.3) is 0 Å². The highest BCUT2D eigenvalue weighted by Gasteiger charge is 2.26. The number of nitrogens with zero attached hydrogens (tertiary/aromatic N) is 1. The minimum Gasteiger partial charge on any atom is -0.493 e. The first-order chi connectivity index (χ1) is 17.0. The summed E-state index contributed by atoms with van der Waals surface area (Å²) in [6.45, 7) is 4.32. The zero-order valence-corrected chi connectivity index (χ0v) is 20.8. The van der Waals surface area contributed by atoms with E-state index in [2.05, 4.69) is 34.5 Å². The number of para-hydroxylation sites is 1. The van der Waals surface area contributed by atoms with Gasteiger partial charge in [-0.25, -0.2) is 4.79 Å². The smallest absolute Gasteiger partial charge is 0.339 e. The molecule has 6 heteroatoms. The molecule has 1 amide bonds. The summed E-state index contributed by atoms with van der Waals surface area (Å²) in [4.78, 5) is 27.2. The quantitative estimate of drug-likeness (QED) is 0.454. The Kier molecular flexibility index (Phi) is 8.67. The Morgan fingerprint density at radius 3 is 2.51 bits per heavy atom. The summed E-state index contributed by atoms with van der Waals surface area (Å²) in [7, 11) is 0. The van der Waals surface area contributed by atoms with Crippen molar-refractivity contribution in [1.29, 1.82) is 0 Å². The van der Waals surface area contributed by atoms with E-state index in [1.54, 1.807) is 12.1 Å². The van der Waals surface area contributed by atoms with Gasteiger partial charge >= 0.3 is 5.97 Å². The number of ether oxygens (including phenoxy) is 1. The van der Waals surface area contributed by atoms with Crippen molar-refractivity contribution in [2.24, 2.45) is 5.92 Å². The van der Waals surface area contributed by atoms with Crippen molar-refractivity contribution in [3.63, 3.8) is 0 Å². The molecule has 35 heavy (non-hydrogen) atoms. The number of carboxylic acids is 1. The second-order valence-electron chi connectivity index (χ2n) is 9.86. The molecule has 4 rings (SSSR count). The Bertz CT molecular complexity index is 1010. The van der Waals surface area contributed by atoms with Crippen LogP contribution < -0.4 is 15.0 Å². The number of carbonyl (C=O) groups is 2. The fourth-order valence-corrected chi connectivity index (χ4v) is 5.61. The number of nitrogens with one attached hydrogen (secondary N) is 1. The van der Waals surface area contributed by atoms with Crippen molar-refractivity contribution in [3.8, 4) is 5.75 Å². The van der Waals surface area contributed by atoms with Crippen LogP contribution in [0.5, 0.6) is 5.75 Å². The van der Waals surface area contributed by atoms with Crippen LogP contribution in [-0.2, 0) is 11.2 Å². The molecule has 188 valence electrons. The summed E-state index contributed by atoms with van der Waals surface area (Å²) < 4.78 is 5.53. The first-order valence-electron chi connectivity index (χ1n) is 13.2. The largest absolute Gasteiger partial charge is 0.493 e. The molecule has 0 aromatic heterocycles. The number of aromatic carboxylic acids is 1. The van der Waals surface area contributed by atoms with E-state index in [9.17, 15) is 14.7 Å². The molecule has 2 fully saturated rings. The number of benzene rings is 2. The molecule has 1 atom stereocenters. The van der Waals surface area contributed by atoms with E-state index >= 15 is 0 Å². The van der Waals surface area contributed by atoms with Gasteiger partial charge in [-0.05, 0) is 61.4 Å². The average Bonchev–Trinajstić information content (AvgIpc) is 3.39. The van der Waals surface area contributed by atoms with Crippen molar-refractivity contribution in [3.05, 3.63) is 59.2 Å². The Balaban J connectivity index is 1.54. The highest BCUT2D eigenvalue weighted by atomic mass is 16.5. The van der Waals surface area contributed by atoms with Crippen LogP contribution in [0.3, 0.4) is 0 Å². The lowest BCUT2D eigenvalue weighted by molar-refractivity contribution is -0.121. The van der Waals surface area contributed by atoms with Crippen molar-refractivity contribution >= 4 is 17.6 Å². The molecule has 0 bridgehead atoms. The molecular formula is C29H38N2O4. The van der Waals surface area contributed by atoms with Crippen LogP contribution in [0.2, 0.25) is 0 Å². The summed E-state index contributed by atoms with van der Waals surface area (Å²) in [5.74, 6) is -0.147. The van der Waals surface area contributed by atoms with Gasteiger partial charge in [0.25, 0.3) is 0 Å². The van der Waals surface area contributed by atoms with Gasteiger partial charge < -0.3 is 20.1 Å². The molecule has 1 heterocycles. The van der Waals surface area contributed by atoms with Gasteiger partial charge in [0, 0.05) is 18.8 Å². The van der Waals surface area contributed by atoms with Gasteiger partial charge in [-0.2, -0.15) is 0 Å². The van der Waals surface area contributed by atoms with E-state index in [1.807, 2.05) is 6.92 Å². The van der Waals surface area contributed by atoms with E-state index < -0.39 is 5.97 Å². The number of rotatable bonds is 10. The molecular weight excluding hydrogens is 440 g/mol. The summed E-state index contributed by atoms with van der Waals surface area (Å²) >= 11 is 0. The number of hydrogen-bond acceptors (Lipinski definition) is 4. The maximum atomic E-state index is 13.3. The number of anilines is 1. The zero-order chi connectivity index (χ0) is 24.6. The van der Waals surface area contributed by atoms with Gasteiger partial charge in [0.05, 0.1) is 19.1 Å². The lowest BCUT2D eigenvalue weighted by Gasteiger charge is -2.31. The van der Waals surface area contributed by atoms with Crippen LogP contribution >= 0.6 is 0 Å². The van der Waals surface area contributed by atoms with E-state index in [0.29, 0.717) is 18.3 Å². The SMILES string of the molecule is CCOc1cc(CC(=O)NC(CC2CCCCC2)c2ccccc2N2CCCC2)ccc1C(=O)O. The molecule has 2 aliphatic rings. The molecule has 1 unspecified atom stereocenters. The molecule has 0 spiro atoms. The summed E-state index contributed by atoms with van der Waals surface area (Å²) in [5, 5.41) is 12.8. The van der Waals surface area contributed by atoms with Crippen LogP contribution in [0.1, 0.15) is 85.8 Å². The first-order valence-corrected chi connectivity index (χ1v) is 13.2. The highest BCUT2D eigenvalue weighted by Crippen LogP contribution is 2.36. The average molecular weight is 479 g/mol. The number of amides is 1. The Morgan fingerprint density at radius 2 is 1.80 bits per heavy atom. The monoisotopic (exact) mass is 478 g/mol.